The number of nitrogens with one attached hydrogen (secondary N) is 1. The van der Waals surface area contributed by atoms with E-state index in [1.54, 1.807) is 0 Å². The third-order valence-electron chi connectivity index (χ3n) is 4.79. The van der Waals surface area contributed by atoms with Crippen molar-refractivity contribution in [3.05, 3.63) is 48.2 Å². The first-order chi connectivity index (χ1) is 11.8. The van der Waals surface area contributed by atoms with Gasteiger partial charge in [0.05, 0.1) is 0 Å². The maximum absolute atomic E-state index is 12.3. The van der Waals surface area contributed by atoms with E-state index < -0.39 is 0 Å². The summed E-state index contributed by atoms with van der Waals surface area (Å²) in [6, 6.07) is 14.0. The summed E-state index contributed by atoms with van der Waals surface area (Å²) in [7, 11) is 0. The Bertz CT molecular complexity index is 862. The molecule has 0 atom stereocenters. The van der Waals surface area contributed by atoms with Gasteiger partial charge in [-0.15, -0.1) is 0 Å². The summed E-state index contributed by atoms with van der Waals surface area (Å²) in [5.41, 5.74) is 0.760. The van der Waals surface area contributed by atoms with Crippen LogP contribution in [-0.2, 0) is 0 Å². The standard InChI is InChI=1S/C20H22N2O2/c23-20(21-10-5-13-22-11-3-4-12-22)19-14-17-16-7-2-1-6-15(16)8-9-18(17)24-19/h1-2,6-9,14H,3-5,10-13H2,(H,21,23). The van der Waals surface area contributed by atoms with Crippen LogP contribution in [0.3, 0.4) is 0 Å². The van der Waals surface area contributed by atoms with Crippen LogP contribution in [0.4, 0.5) is 0 Å². The maximum Gasteiger partial charge on any atom is 0.287 e. The van der Waals surface area contributed by atoms with Crippen molar-refractivity contribution in [1.82, 2.24) is 10.2 Å². The first-order valence-corrected chi connectivity index (χ1v) is 8.73. The number of carbonyl (C=O) groups excluding carboxylic acids is 1. The van der Waals surface area contributed by atoms with Crippen molar-refractivity contribution in [3.8, 4) is 0 Å². The number of furan rings is 1. The monoisotopic (exact) mass is 322 g/mol. The molecule has 0 bridgehead atoms. The van der Waals surface area contributed by atoms with Gasteiger partial charge in [-0.1, -0.05) is 30.3 Å². The first kappa shape index (κ1) is 15.2. The van der Waals surface area contributed by atoms with Gasteiger partial charge in [-0.3, -0.25) is 4.79 Å². The molecule has 1 aliphatic rings. The van der Waals surface area contributed by atoms with Gasteiger partial charge in [-0.05, 0) is 61.8 Å². The average Bonchev–Trinajstić information content (AvgIpc) is 3.28. The van der Waals surface area contributed by atoms with E-state index in [4.69, 9.17) is 4.42 Å². The van der Waals surface area contributed by atoms with Crippen LogP contribution in [-0.4, -0.2) is 37.0 Å². The number of hydrogen-bond donors (Lipinski definition) is 1. The van der Waals surface area contributed by atoms with Crippen molar-refractivity contribution < 1.29 is 9.21 Å². The van der Waals surface area contributed by atoms with Crippen LogP contribution in [0, 0.1) is 0 Å². The minimum atomic E-state index is -0.128. The van der Waals surface area contributed by atoms with Gasteiger partial charge < -0.3 is 14.6 Å². The van der Waals surface area contributed by atoms with Crippen molar-refractivity contribution in [3.63, 3.8) is 0 Å². The topological polar surface area (TPSA) is 45.5 Å². The summed E-state index contributed by atoms with van der Waals surface area (Å²) in [5, 5.41) is 6.24. The normalized spacial score (nSPS) is 15.3. The predicted octanol–water partition coefficient (Wildman–Crippen LogP) is 3.80. The number of nitrogens with zero attached hydrogens (tertiary/aromatic N) is 1. The Morgan fingerprint density at radius 3 is 2.79 bits per heavy atom. The fourth-order valence-electron chi connectivity index (χ4n) is 3.50. The molecule has 124 valence electrons. The van der Waals surface area contributed by atoms with E-state index in [0.717, 1.165) is 34.7 Å². The molecule has 0 saturated carbocycles. The third-order valence-corrected chi connectivity index (χ3v) is 4.79. The molecule has 1 aliphatic heterocycles. The molecule has 1 fully saturated rings. The number of likely N-dealkylation sites (tertiary alicyclic amines) is 1. The molecule has 4 rings (SSSR count). The van der Waals surface area contributed by atoms with E-state index in [0.29, 0.717) is 12.3 Å². The first-order valence-electron chi connectivity index (χ1n) is 8.73. The molecule has 3 aromatic rings. The van der Waals surface area contributed by atoms with Crippen molar-refractivity contribution in [2.75, 3.05) is 26.2 Å². The van der Waals surface area contributed by atoms with Crippen LogP contribution < -0.4 is 5.32 Å². The molecule has 0 spiro atoms. The number of amides is 1. The minimum Gasteiger partial charge on any atom is -0.451 e. The van der Waals surface area contributed by atoms with Crippen molar-refractivity contribution in [2.45, 2.75) is 19.3 Å². The highest BCUT2D eigenvalue weighted by Gasteiger charge is 2.14. The van der Waals surface area contributed by atoms with Crippen LogP contribution in [0.5, 0.6) is 0 Å². The van der Waals surface area contributed by atoms with Crippen molar-refractivity contribution >= 4 is 27.6 Å². The molecule has 1 amide bonds. The molecular formula is C20H22N2O2. The summed E-state index contributed by atoms with van der Waals surface area (Å²) in [4.78, 5) is 14.8. The van der Waals surface area contributed by atoms with Gasteiger partial charge in [-0.25, -0.2) is 0 Å². The van der Waals surface area contributed by atoms with Gasteiger partial charge in [0.2, 0.25) is 0 Å². The minimum absolute atomic E-state index is 0.128. The Kier molecular flexibility index (Phi) is 4.22. The van der Waals surface area contributed by atoms with E-state index >= 15 is 0 Å². The lowest BCUT2D eigenvalue weighted by molar-refractivity contribution is 0.0926. The summed E-state index contributed by atoms with van der Waals surface area (Å²) < 4.78 is 5.75. The van der Waals surface area contributed by atoms with Gasteiger partial charge in [0.25, 0.3) is 5.91 Å². The smallest absolute Gasteiger partial charge is 0.287 e. The lowest BCUT2D eigenvalue weighted by Gasteiger charge is -2.13. The number of carbonyl (C=O) groups is 1. The quantitative estimate of drug-likeness (QED) is 0.727. The lowest BCUT2D eigenvalue weighted by Crippen LogP contribution is -2.28. The molecule has 2 aromatic carbocycles. The van der Waals surface area contributed by atoms with Crippen LogP contribution in [0.2, 0.25) is 0 Å². The molecular weight excluding hydrogens is 300 g/mol. The zero-order chi connectivity index (χ0) is 16.4. The van der Waals surface area contributed by atoms with Gasteiger partial charge in [0.15, 0.2) is 5.76 Å². The molecule has 0 unspecified atom stereocenters. The summed E-state index contributed by atoms with van der Waals surface area (Å²) in [5.74, 6) is 0.263. The fourth-order valence-corrected chi connectivity index (χ4v) is 3.50. The second-order valence-corrected chi connectivity index (χ2v) is 6.47. The van der Waals surface area contributed by atoms with Crippen LogP contribution in [0.15, 0.2) is 46.9 Å². The highest BCUT2D eigenvalue weighted by atomic mass is 16.3. The molecule has 4 nitrogen and oxygen atoms in total. The number of fused-ring (bicyclic) bond motifs is 3. The predicted molar refractivity (Wildman–Crippen MR) is 96.3 cm³/mol. The van der Waals surface area contributed by atoms with E-state index in [1.165, 1.54) is 25.9 Å². The Hall–Kier alpha value is -2.33. The highest BCUT2D eigenvalue weighted by Crippen LogP contribution is 2.28. The van der Waals surface area contributed by atoms with Crippen molar-refractivity contribution in [2.24, 2.45) is 0 Å². The highest BCUT2D eigenvalue weighted by molar-refractivity contribution is 6.08. The second kappa shape index (κ2) is 6.65. The molecule has 2 heterocycles. The second-order valence-electron chi connectivity index (χ2n) is 6.47. The fraction of sp³-hybridized carbons (Fsp3) is 0.350. The Balaban J connectivity index is 1.43. The van der Waals surface area contributed by atoms with Gasteiger partial charge in [0.1, 0.15) is 5.58 Å². The van der Waals surface area contributed by atoms with Crippen molar-refractivity contribution in [1.29, 1.82) is 0 Å². The molecule has 24 heavy (non-hydrogen) atoms. The van der Waals surface area contributed by atoms with E-state index in [-0.39, 0.29) is 5.91 Å². The van der Waals surface area contributed by atoms with Gasteiger partial charge >= 0.3 is 0 Å². The molecule has 0 radical (unpaired) electrons. The van der Waals surface area contributed by atoms with E-state index in [9.17, 15) is 4.79 Å². The summed E-state index contributed by atoms with van der Waals surface area (Å²) in [6.45, 7) is 4.15. The number of hydrogen-bond acceptors (Lipinski definition) is 3. The van der Waals surface area contributed by atoms with E-state index in [2.05, 4.69) is 22.3 Å². The Morgan fingerprint density at radius 2 is 1.92 bits per heavy atom. The Labute approximate surface area is 141 Å². The zero-order valence-electron chi connectivity index (χ0n) is 13.8. The molecule has 4 heteroatoms. The van der Waals surface area contributed by atoms with Crippen LogP contribution in [0.25, 0.3) is 21.7 Å². The number of benzene rings is 2. The lowest BCUT2D eigenvalue weighted by atomic mass is 10.1. The SMILES string of the molecule is O=C(NCCCN1CCCC1)c1cc2c(ccc3ccccc32)o1. The largest absolute Gasteiger partial charge is 0.451 e. The molecule has 1 N–H and O–H groups in total. The number of rotatable bonds is 5. The average molecular weight is 322 g/mol. The van der Waals surface area contributed by atoms with Gasteiger partial charge in [-0.2, -0.15) is 0 Å². The van der Waals surface area contributed by atoms with E-state index in [1.807, 2.05) is 30.3 Å². The molecule has 0 aliphatic carbocycles. The maximum atomic E-state index is 12.3. The zero-order valence-corrected chi connectivity index (χ0v) is 13.8. The molecule has 1 saturated heterocycles. The molecule has 1 aromatic heterocycles. The Morgan fingerprint density at radius 1 is 1.08 bits per heavy atom. The van der Waals surface area contributed by atoms with Gasteiger partial charge in [0, 0.05) is 11.9 Å². The summed E-state index contributed by atoms with van der Waals surface area (Å²) in [6.07, 6.45) is 3.59. The van der Waals surface area contributed by atoms with Crippen LogP contribution in [0.1, 0.15) is 29.8 Å². The summed E-state index contributed by atoms with van der Waals surface area (Å²) >= 11 is 0. The van der Waals surface area contributed by atoms with Crippen LogP contribution >= 0.6 is 0 Å². The third kappa shape index (κ3) is 3.02.